The van der Waals surface area contributed by atoms with Crippen molar-refractivity contribution in [2.45, 2.75) is 89.7 Å². The summed E-state index contributed by atoms with van der Waals surface area (Å²) in [7, 11) is 1.64. The molecule has 38 heavy (non-hydrogen) atoms. The Hall–Kier alpha value is -3.07. The van der Waals surface area contributed by atoms with Crippen molar-refractivity contribution in [1.29, 1.82) is 0 Å². The summed E-state index contributed by atoms with van der Waals surface area (Å²) in [5.41, 5.74) is 0.958. The average Bonchev–Trinajstić information content (AvgIpc) is 3.57. The number of aromatic carboxylic acids is 1. The number of benzene rings is 1. The van der Waals surface area contributed by atoms with Gasteiger partial charge in [-0.15, -0.1) is 0 Å². The lowest BCUT2D eigenvalue weighted by Gasteiger charge is -2.18. The van der Waals surface area contributed by atoms with Crippen molar-refractivity contribution in [3.63, 3.8) is 0 Å². The van der Waals surface area contributed by atoms with Gasteiger partial charge in [-0.3, -0.25) is 0 Å². The van der Waals surface area contributed by atoms with Gasteiger partial charge in [0.05, 0.1) is 30.5 Å². The van der Waals surface area contributed by atoms with Gasteiger partial charge >= 0.3 is 12.0 Å². The Bertz CT molecular complexity index is 978. The van der Waals surface area contributed by atoms with E-state index < -0.39 is 5.97 Å². The summed E-state index contributed by atoms with van der Waals surface area (Å²) in [6, 6.07) is 6.52. The van der Waals surface area contributed by atoms with Gasteiger partial charge in [0.1, 0.15) is 0 Å². The van der Waals surface area contributed by atoms with E-state index in [9.17, 15) is 9.59 Å². The smallest absolute Gasteiger partial charge is 0.335 e. The number of anilines is 1. The van der Waals surface area contributed by atoms with Gasteiger partial charge < -0.3 is 29.8 Å². The topological polar surface area (TPSA) is 117 Å². The summed E-state index contributed by atoms with van der Waals surface area (Å²) < 4.78 is 11.5. The molecule has 0 radical (unpaired) electrons. The van der Waals surface area contributed by atoms with Gasteiger partial charge in [-0.1, -0.05) is 83.3 Å². The van der Waals surface area contributed by atoms with Gasteiger partial charge in [0, 0.05) is 25.8 Å². The van der Waals surface area contributed by atoms with Crippen LogP contribution in [0.3, 0.4) is 0 Å². The molecule has 9 heteroatoms. The molecule has 1 saturated heterocycles. The Morgan fingerprint density at radius 3 is 2.24 bits per heavy atom. The van der Waals surface area contributed by atoms with E-state index in [4.69, 9.17) is 14.3 Å². The number of nitrogens with zero attached hydrogens (tertiary/aromatic N) is 2. The molecule has 2 amide bonds. The number of ether oxygens (including phenoxy) is 1. The number of aromatic nitrogens is 1. The Labute approximate surface area is 226 Å². The van der Waals surface area contributed by atoms with Crippen LogP contribution in [0.1, 0.15) is 87.9 Å². The number of hydrogen-bond donors (Lipinski definition) is 3. The number of amides is 2. The number of oxazole rings is 1. The Kier molecular flexibility index (Phi) is 12.4. The van der Waals surface area contributed by atoms with E-state index in [-0.39, 0.29) is 23.7 Å². The zero-order valence-corrected chi connectivity index (χ0v) is 22.9. The lowest BCUT2D eigenvalue weighted by atomic mass is 10.1. The van der Waals surface area contributed by atoms with Crippen LogP contribution in [0.2, 0.25) is 0 Å². The van der Waals surface area contributed by atoms with Crippen LogP contribution < -0.4 is 15.5 Å². The highest BCUT2D eigenvalue weighted by Gasteiger charge is 2.36. The normalized spacial score (nSPS) is 17.1. The molecule has 2 atom stereocenters. The van der Waals surface area contributed by atoms with Gasteiger partial charge in [0.25, 0.3) is 6.01 Å². The van der Waals surface area contributed by atoms with Crippen LogP contribution in [0.4, 0.5) is 10.8 Å². The number of rotatable bonds is 17. The van der Waals surface area contributed by atoms with E-state index in [1.807, 2.05) is 4.90 Å². The first-order valence-corrected chi connectivity index (χ1v) is 14.1. The first-order valence-electron chi connectivity index (χ1n) is 14.1. The largest absolute Gasteiger partial charge is 0.478 e. The number of nitrogens with one attached hydrogen (secondary N) is 2. The second-order valence-corrected chi connectivity index (χ2v) is 10.1. The SMILES string of the molecule is CCCCCCCCCCCCCNC(=O)N[C@H]1CN(c2ncc(-c3ccc(C(=O)O)cc3)o2)C[C@@H]1OC. The minimum Gasteiger partial charge on any atom is -0.478 e. The Morgan fingerprint density at radius 1 is 1.00 bits per heavy atom. The first kappa shape index (κ1) is 29.5. The molecule has 1 aliphatic heterocycles. The van der Waals surface area contributed by atoms with Crippen molar-refractivity contribution in [2.75, 3.05) is 31.6 Å². The lowest BCUT2D eigenvalue weighted by molar-refractivity contribution is 0.0697. The fourth-order valence-corrected chi connectivity index (χ4v) is 4.84. The van der Waals surface area contributed by atoms with Crippen LogP contribution >= 0.6 is 0 Å². The summed E-state index contributed by atoms with van der Waals surface area (Å²) in [4.78, 5) is 29.9. The molecule has 3 N–H and O–H groups in total. The van der Waals surface area contributed by atoms with Crippen molar-refractivity contribution < 1.29 is 23.8 Å². The number of carbonyl (C=O) groups excluding carboxylic acids is 1. The fraction of sp³-hybridized carbons (Fsp3) is 0.621. The third-order valence-corrected chi connectivity index (χ3v) is 7.13. The number of unbranched alkanes of at least 4 members (excludes halogenated alkanes) is 10. The molecular weight excluding hydrogens is 484 g/mol. The Morgan fingerprint density at radius 2 is 1.63 bits per heavy atom. The molecule has 1 aliphatic rings. The highest BCUT2D eigenvalue weighted by Crippen LogP contribution is 2.27. The van der Waals surface area contributed by atoms with Gasteiger partial charge in [-0.05, 0) is 18.6 Å². The number of carboxylic acids is 1. The molecule has 2 heterocycles. The predicted molar refractivity (Wildman–Crippen MR) is 149 cm³/mol. The maximum Gasteiger partial charge on any atom is 0.335 e. The second kappa shape index (κ2) is 16.0. The van der Waals surface area contributed by atoms with Crippen molar-refractivity contribution in [2.24, 2.45) is 0 Å². The summed E-state index contributed by atoms with van der Waals surface area (Å²) >= 11 is 0. The summed E-state index contributed by atoms with van der Waals surface area (Å²) in [5, 5.41) is 15.1. The zero-order chi connectivity index (χ0) is 27.2. The van der Waals surface area contributed by atoms with Gasteiger partial charge in [-0.25, -0.2) is 14.6 Å². The van der Waals surface area contributed by atoms with Crippen LogP contribution in [0.15, 0.2) is 34.9 Å². The number of carbonyl (C=O) groups is 2. The van der Waals surface area contributed by atoms with E-state index in [1.54, 1.807) is 25.4 Å². The quantitative estimate of drug-likeness (QED) is 0.220. The predicted octanol–water partition coefficient (Wildman–Crippen LogP) is 5.85. The molecule has 2 aromatic rings. The molecule has 1 fully saturated rings. The van der Waals surface area contributed by atoms with E-state index in [2.05, 4.69) is 22.5 Å². The van der Waals surface area contributed by atoms with Gasteiger partial charge in [0.2, 0.25) is 0 Å². The van der Waals surface area contributed by atoms with Crippen LogP contribution in [-0.2, 0) is 4.74 Å². The van der Waals surface area contributed by atoms with Crippen molar-refractivity contribution >= 4 is 18.0 Å². The molecule has 210 valence electrons. The molecule has 0 unspecified atom stereocenters. The standard InChI is InChI=1S/C29H44N4O5/c1-3-4-5-6-7-8-9-10-11-12-13-18-30-28(36)32-24-20-33(21-26(24)37-2)29-31-19-25(38-29)22-14-16-23(17-15-22)27(34)35/h14-17,19,24,26H,3-13,18,20-21H2,1-2H3,(H,34,35)(H2,30,32,36)/t24-,26-/m0/s1. The highest BCUT2D eigenvalue weighted by molar-refractivity contribution is 5.88. The number of urea groups is 1. The zero-order valence-electron chi connectivity index (χ0n) is 22.9. The number of methoxy groups -OCH3 is 1. The van der Waals surface area contributed by atoms with Crippen LogP contribution in [0.25, 0.3) is 11.3 Å². The highest BCUT2D eigenvalue weighted by atomic mass is 16.5. The minimum absolute atomic E-state index is 0.183. The van der Waals surface area contributed by atoms with Gasteiger partial charge in [-0.2, -0.15) is 0 Å². The van der Waals surface area contributed by atoms with Crippen LogP contribution in [0, 0.1) is 0 Å². The molecule has 3 rings (SSSR count). The van der Waals surface area contributed by atoms with E-state index >= 15 is 0 Å². The molecule has 9 nitrogen and oxygen atoms in total. The van der Waals surface area contributed by atoms with Crippen LogP contribution in [-0.4, -0.2) is 61.0 Å². The molecule has 0 bridgehead atoms. The molecular formula is C29H44N4O5. The van der Waals surface area contributed by atoms with E-state index in [0.717, 1.165) is 18.4 Å². The molecule has 0 aliphatic carbocycles. The maximum atomic E-state index is 12.5. The first-order chi connectivity index (χ1) is 18.5. The summed E-state index contributed by atoms with van der Waals surface area (Å²) in [6.45, 7) is 3.98. The summed E-state index contributed by atoms with van der Waals surface area (Å²) in [5.74, 6) is -0.425. The maximum absolute atomic E-state index is 12.5. The van der Waals surface area contributed by atoms with Crippen molar-refractivity contribution in [3.05, 3.63) is 36.0 Å². The van der Waals surface area contributed by atoms with Crippen molar-refractivity contribution in [3.8, 4) is 11.3 Å². The molecule has 0 spiro atoms. The van der Waals surface area contributed by atoms with Gasteiger partial charge in [0.15, 0.2) is 5.76 Å². The fourth-order valence-electron chi connectivity index (χ4n) is 4.84. The third kappa shape index (κ3) is 9.35. The number of carboxylic acid groups (broad SMARTS) is 1. The van der Waals surface area contributed by atoms with E-state index in [0.29, 0.717) is 31.4 Å². The van der Waals surface area contributed by atoms with E-state index in [1.165, 1.54) is 69.9 Å². The molecule has 1 aromatic carbocycles. The van der Waals surface area contributed by atoms with Crippen molar-refractivity contribution in [1.82, 2.24) is 15.6 Å². The second-order valence-electron chi connectivity index (χ2n) is 10.1. The average molecular weight is 529 g/mol. The number of hydrogen-bond acceptors (Lipinski definition) is 6. The minimum atomic E-state index is -0.973. The summed E-state index contributed by atoms with van der Waals surface area (Å²) in [6.07, 6.45) is 15.5. The lowest BCUT2D eigenvalue weighted by Crippen LogP contribution is -2.48. The monoisotopic (exact) mass is 528 g/mol. The molecule has 0 saturated carbocycles. The third-order valence-electron chi connectivity index (χ3n) is 7.13. The Balaban J connectivity index is 1.34. The van der Waals surface area contributed by atoms with Crippen LogP contribution in [0.5, 0.6) is 0 Å². The molecule has 1 aromatic heterocycles.